The van der Waals surface area contributed by atoms with Gasteiger partial charge in [0.2, 0.25) is 11.7 Å². The van der Waals surface area contributed by atoms with Gasteiger partial charge >= 0.3 is 0 Å². The minimum Gasteiger partial charge on any atom is -0.485 e. The number of rotatable bonds is 8. The Balaban J connectivity index is 1.77. The third-order valence-corrected chi connectivity index (χ3v) is 3.13. The maximum absolute atomic E-state index is 5.57. The molecule has 0 bridgehead atoms. The number of nitrogens with two attached hydrogens (primary N) is 1. The molecule has 1 atom stereocenters. The van der Waals surface area contributed by atoms with Crippen LogP contribution in [0.1, 0.15) is 31.5 Å². The van der Waals surface area contributed by atoms with E-state index in [0.717, 1.165) is 31.6 Å². The van der Waals surface area contributed by atoms with Gasteiger partial charge in [0, 0.05) is 6.42 Å². The van der Waals surface area contributed by atoms with Crippen LogP contribution in [0.5, 0.6) is 5.75 Å². The van der Waals surface area contributed by atoms with E-state index in [-0.39, 0.29) is 0 Å². The van der Waals surface area contributed by atoms with Crippen molar-refractivity contribution in [1.29, 1.82) is 0 Å². The van der Waals surface area contributed by atoms with Crippen LogP contribution < -0.4 is 10.5 Å². The summed E-state index contributed by atoms with van der Waals surface area (Å²) in [7, 11) is 0. The van der Waals surface area contributed by atoms with Crippen LogP contribution in [0, 0.1) is 5.92 Å². The first-order chi connectivity index (χ1) is 9.78. The molecule has 108 valence electrons. The number of nitrogens with zero attached hydrogens (tertiary/aromatic N) is 2. The zero-order chi connectivity index (χ0) is 14.2. The number of benzene rings is 1. The molecule has 0 aliphatic rings. The van der Waals surface area contributed by atoms with Crippen LogP contribution in [0.15, 0.2) is 34.9 Å². The third-order valence-electron chi connectivity index (χ3n) is 3.13. The molecule has 0 aliphatic carbocycles. The molecule has 0 spiro atoms. The molecular weight excluding hydrogens is 254 g/mol. The second kappa shape index (κ2) is 7.65. The van der Waals surface area contributed by atoms with Crippen molar-refractivity contribution in [2.75, 3.05) is 6.54 Å². The highest BCUT2D eigenvalue weighted by Crippen LogP contribution is 2.13. The molecule has 1 unspecified atom stereocenters. The minimum atomic E-state index is 0.325. The second-order valence-electron chi connectivity index (χ2n) is 4.93. The van der Waals surface area contributed by atoms with Crippen LogP contribution in [0.25, 0.3) is 0 Å². The van der Waals surface area contributed by atoms with Gasteiger partial charge < -0.3 is 15.0 Å². The standard InChI is InChI=1S/C15H21N3O2/c1-12(9-10-16)7-8-15-17-14(18-20-15)11-19-13-5-3-2-4-6-13/h2-6,12H,7-11,16H2,1H3. The number of ether oxygens (including phenoxy) is 1. The number of aromatic nitrogens is 2. The van der Waals surface area contributed by atoms with Gasteiger partial charge in [-0.15, -0.1) is 0 Å². The fourth-order valence-electron chi connectivity index (χ4n) is 1.91. The van der Waals surface area contributed by atoms with Crippen LogP contribution in [0.3, 0.4) is 0 Å². The van der Waals surface area contributed by atoms with E-state index in [9.17, 15) is 0 Å². The third kappa shape index (κ3) is 4.66. The molecule has 0 saturated heterocycles. The summed E-state index contributed by atoms with van der Waals surface area (Å²) in [6.45, 7) is 3.23. The highest BCUT2D eigenvalue weighted by Gasteiger charge is 2.09. The van der Waals surface area contributed by atoms with Crippen molar-refractivity contribution >= 4 is 0 Å². The predicted octanol–water partition coefficient (Wildman–Crippen LogP) is 2.57. The number of hydrogen-bond donors (Lipinski definition) is 1. The first-order valence-electron chi connectivity index (χ1n) is 6.97. The fraction of sp³-hybridized carbons (Fsp3) is 0.467. The van der Waals surface area contributed by atoms with Gasteiger partial charge in [-0.3, -0.25) is 0 Å². The van der Waals surface area contributed by atoms with E-state index in [1.165, 1.54) is 0 Å². The lowest BCUT2D eigenvalue weighted by molar-refractivity contribution is 0.284. The molecule has 1 aromatic heterocycles. The van der Waals surface area contributed by atoms with E-state index in [0.29, 0.717) is 24.2 Å². The maximum atomic E-state index is 5.57. The first kappa shape index (κ1) is 14.5. The van der Waals surface area contributed by atoms with Crippen LogP contribution in [0.2, 0.25) is 0 Å². The Bertz CT molecular complexity index is 499. The van der Waals surface area contributed by atoms with Crippen molar-refractivity contribution in [3.8, 4) is 5.75 Å². The molecule has 2 N–H and O–H groups in total. The Morgan fingerprint density at radius 3 is 2.80 bits per heavy atom. The largest absolute Gasteiger partial charge is 0.485 e. The summed E-state index contributed by atoms with van der Waals surface area (Å²) in [4.78, 5) is 4.32. The van der Waals surface area contributed by atoms with Gasteiger partial charge in [0.15, 0.2) is 6.61 Å². The molecule has 0 saturated carbocycles. The van der Waals surface area contributed by atoms with E-state index < -0.39 is 0 Å². The van der Waals surface area contributed by atoms with E-state index in [4.69, 9.17) is 15.0 Å². The summed E-state index contributed by atoms with van der Waals surface area (Å²) in [6, 6.07) is 9.60. The van der Waals surface area contributed by atoms with Gasteiger partial charge in [-0.2, -0.15) is 4.98 Å². The molecule has 5 heteroatoms. The molecular formula is C15H21N3O2. The van der Waals surface area contributed by atoms with Crippen LogP contribution in [-0.4, -0.2) is 16.7 Å². The number of para-hydroxylation sites is 1. The highest BCUT2D eigenvalue weighted by molar-refractivity contribution is 5.20. The average molecular weight is 275 g/mol. The van der Waals surface area contributed by atoms with Gasteiger partial charge in [0.1, 0.15) is 5.75 Å². The highest BCUT2D eigenvalue weighted by atomic mass is 16.5. The normalized spacial score (nSPS) is 12.3. The molecule has 0 aliphatic heterocycles. The Morgan fingerprint density at radius 1 is 1.25 bits per heavy atom. The van der Waals surface area contributed by atoms with E-state index >= 15 is 0 Å². The van der Waals surface area contributed by atoms with Gasteiger partial charge in [-0.05, 0) is 37.4 Å². The lowest BCUT2D eigenvalue weighted by Crippen LogP contribution is -2.06. The summed E-state index contributed by atoms with van der Waals surface area (Å²) in [5, 5.41) is 3.92. The van der Waals surface area contributed by atoms with Gasteiger partial charge in [-0.25, -0.2) is 0 Å². The molecule has 5 nitrogen and oxygen atoms in total. The van der Waals surface area contributed by atoms with Crippen LogP contribution in [-0.2, 0) is 13.0 Å². The zero-order valence-electron chi connectivity index (χ0n) is 11.8. The quantitative estimate of drug-likeness (QED) is 0.801. The van der Waals surface area contributed by atoms with Crippen LogP contribution >= 0.6 is 0 Å². The molecule has 2 rings (SSSR count). The number of aryl methyl sites for hydroxylation is 1. The minimum absolute atomic E-state index is 0.325. The summed E-state index contributed by atoms with van der Waals surface area (Å²) in [6.07, 6.45) is 2.83. The van der Waals surface area contributed by atoms with E-state index in [1.54, 1.807) is 0 Å². The summed E-state index contributed by atoms with van der Waals surface area (Å²) in [5.74, 6) is 2.63. The monoisotopic (exact) mass is 275 g/mol. The Hall–Kier alpha value is -1.88. The molecule has 2 aromatic rings. The van der Waals surface area contributed by atoms with Crippen molar-refractivity contribution in [2.45, 2.75) is 32.8 Å². The van der Waals surface area contributed by atoms with Gasteiger partial charge in [0.25, 0.3) is 0 Å². The van der Waals surface area contributed by atoms with Crippen molar-refractivity contribution in [2.24, 2.45) is 11.7 Å². The lowest BCUT2D eigenvalue weighted by Gasteiger charge is -2.06. The van der Waals surface area contributed by atoms with Crippen molar-refractivity contribution in [3.63, 3.8) is 0 Å². The molecule has 1 aromatic carbocycles. The Kier molecular flexibility index (Phi) is 5.55. The molecule has 1 heterocycles. The summed E-state index contributed by atoms with van der Waals surface area (Å²) < 4.78 is 10.8. The maximum Gasteiger partial charge on any atom is 0.226 e. The van der Waals surface area contributed by atoms with E-state index in [1.807, 2.05) is 30.3 Å². The molecule has 0 radical (unpaired) electrons. The van der Waals surface area contributed by atoms with Gasteiger partial charge in [0.05, 0.1) is 0 Å². The van der Waals surface area contributed by atoms with Crippen LogP contribution in [0.4, 0.5) is 0 Å². The Labute approximate surface area is 119 Å². The van der Waals surface area contributed by atoms with Crippen molar-refractivity contribution < 1.29 is 9.26 Å². The van der Waals surface area contributed by atoms with Crippen molar-refractivity contribution in [3.05, 3.63) is 42.0 Å². The predicted molar refractivity (Wildman–Crippen MR) is 76.2 cm³/mol. The van der Waals surface area contributed by atoms with Gasteiger partial charge in [-0.1, -0.05) is 30.3 Å². The molecule has 0 fully saturated rings. The second-order valence-corrected chi connectivity index (χ2v) is 4.93. The smallest absolute Gasteiger partial charge is 0.226 e. The number of hydrogen-bond acceptors (Lipinski definition) is 5. The first-order valence-corrected chi connectivity index (χ1v) is 6.97. The summed E-state index contributed by atoms with van der Waals surface area (Å²) >= 11 is 0. The summed E-state index contributed by atoms with van der Waals surface area (Å²) in [5.41, 5.74) is 5.53. The fourth-order valence-corrected chi connectivity index (χ4v) is 1.91. The van der Waals surface area contributed by atoms with Crippen molar-refractivity contribution in [1.82, 2.24) is 10.1 Å². The van der Waals surface area contributed by atoms with E-state index in [2.05, 4.69) is 17.1 Å². The topological polar surface area (TPSA) is 74.2 Å². The zero-order valence-corrected chi connectivity index (χ0v) is 11.8. The lowest BCUT2D eigenvalue weighted by atomic mass is 10.0. The molecule has 0 amide bonds. The SMILES string of the molecule is CC(CCN)CCc1nc(COc2ccccc2)no1. The molecule has 20 heavy (non-hydrogen) atoms. The average Bonchev–Trinajstić information content (AvgIpc) is 2.92. The Morgan fingerprint density at radius 2 is 2.05 bits per heavy atom.